The average molecular weight is 371 g/mol. The molecule has 0 radical (unpaired) electrons. The summed E-state index contributed by atoms with van der Waals surface area (Å²) in [6.45, 7) is 3.94. The van der Waals surface area contributed by atoms with Gasteiger partial charge in [-0.1, -0.05) is 41.9 Å². The van der Waals surface area contributed by atoms with Gasteiger partial charge in [-0.2, -0.15) is 0 Å². The van der Waals surface area contributed by atoms with E-state index < -0.39 is 5.41 Å². The Hall–Kier alpha value is -2.33. The molecule has 0 unspecified atom stereocenters. The van der Waals surface area contributed by atoms with Crippen LogP contribution in [0.1, 0.15) is 29.5 Å². The van der Waals surface area contributed by atoms with Crippen LogP contribution in [0.3, 0.4) is 0 Å². The van der Waals surface area contributed by atoms with Gasteiger partial charge in [-0.3, -0.25) is 9.59 Å². The third kappa shape index (κ3) is 3.61. The number of nitrogens with zero attached hydrogens (tertiary/aromatic N) is 1. The van der Waals surface area contributed by atoms with Crippen molar-refractivity contribution in [2.75, 3.05) is 18.9 Å². The highest BCUT2D eigenvalue weighted by Gasteiger charge is 2.52. The van der Waals surface area contributed by atoms with Crippen molar-refractivity contribution in [3.63, 3.8) is 0 Å². The molecule has 1 N–H and O–H groups in total. The summed E-state index contributed by atoms with van der Waals surface area (Å²) in [5, 5.41) is 3.58. The SMILES string of the molecule is Cc1cccc(C)c1NC(=O)CN(C)C(=O)C1(c2ccc(Cl)cc2)CC1. The molecule has 0 aliphatic heterocycles. The molecule has 3 rings (SSSR count). The molecule has 0 heterocycles. The summed E-state index contributed by atoms with van der Waals surface area (Å²) in [6, 6.07) is 13.3. The maximum Gasteiger partial charge on any atom is 0.243 e. The minimum absolute atomic E-state index is 0.0171. The number of para-hydroxylation sites is 1. The van der Waals surface area contributed by atoms with Gasteiger partial charge in [0.05, 0.1) is 12.0 Å². The fourth-order valence-corrected chi connectivity index (χ4v) is 3.49. The number of carbonyl (C=O) groups is 2. The van der Waals surface area contributed by atoms with Gasteiger partial charge in [0, 0.05) is 17.8 Å². The van der Waals surface area contributed by atoms with E-state index in [2.05, 4.69) is 5.32 Å². The van der Waals surface area contributed by atoms with Crippen molar-refractivity contribution in [3.05, 3.63) is 64.2 Å². The van der Waals surface area contributed by atoms with E-state index in [0.717, 1.165) is 35.2 Å². The third-order valence-electron chi connectivity index (χ3n) is 5.03. The van der Waals surface area contributed by atoms with E-state index in [1.807, 2.05) is 44.2 Å². The van der Waals surface area contributed by atoms with Crippen molar-refractivity contribution >= 4 is 29.1 Å². The van der Waals surface area contributed by atoms with Crippen molar-refractivity contribution in [1.82, 2.24) is 4.90 Å². The zero-order valence-corrected chi connectivity index (χ0v) is 16.1. The minimum Gasteiger partial charge on any atom is -0.336 e. The summed E-state index contributed by atoms with van der Waals surface area (Å²) in [5.41, 5.74) is 3.29. The monoisotopic (exact) mass is 370 g/mol. The van der Waals surface area contributed by atoms with E-state index in [1.54, 1.807) is 19.2 Å². The molecule has 26 heavy (non-hydrogen) atoms. The number of amides is 2. The molecule has 136 valence electrons. The number of rotatable bonds is 5. The van der Waals surface area contributed by atoms with Gasteiger partial charge in [0.1, 0.15) is 0 Å². The fourth-order valence-electron chi connectivity index (χ4n) is 3.36. The van der Waals surface area contributed by atoms with E-state index in [1.165, 1.54) is 4.90 Å². The third-order valence-corrected chi connectivity index (χ3v) is 5.28. The van der Waals surface area contributed by atoms with E-state index in [0.29, 0.717) is 5.02 Å². The van der Waals surface area contributed by atoms with Crippen molar-refractivity contribution in [1.29, 1.82) is 0 Å². The van der Waals surface area contributed by atoms with Gasteiger partial charge < -0.3 is 10.2 Å². The molecule has 1 aliphatic rings. The number of benzene rings is 2. The highest BCUT2D eigenvalue weighted by molar-refractivity contribution is 6.30. The first kappa shape index (κ1) is 18.5. The van der Waals surface area contributed by atoms with Crippen LogP contribution in [-0.4, -0.2) is 30.3 Å². The van der Waals surface area contributed by atoms with Gasteiger partial charge in [-0.25, -0.2) is 0 Å². The number of halogens is 1. The molecular formula is C21H23ClN2O2. The molecule has 5 heteroatoms. The molecular weight excluding hydrogens is 348 g/mol. The molecule has 1 aliphatic carbocycles. The first-order chi connectivity index (χ1) is 12.3. The van der Waals surface area contributed by atoms with Crippen molar-refractivity contribution in [2.45, 2.75) is 32.1 Å². The van der Waals surface area contributed by atoms with Crippen LogP contribution < -0.4 is 5.32 Å². The first-order valence-corrected chi connectivity index (χ1v) is 9.09. The van der Waals surface area contributed by atoms with Crippen LogP contribution >= 0.6 is 11.6 Å². The molecule has 0 bridgehead atoms. The predicted molar refractivity (Wildman–Crippen MR) is 105 cm³/mol. The van der Waals surface area contributed by atoms with E-state index in [9.17, 15) is 9.59 Å². The van der Waals surface area contributed by atoms with Crippen molar-refractivity contribution in [2.24, 2.45) is 0 Å². The quantitative estimate of drug-likeness (QED) is 0.861. The lowest BCUT2D eigenvalue weighted by molar-refractivity contribution is -0.135. The lowest BCUT2D eigenvalue weighted by atomic mass is 9.94. The van der Waals surface area contributed by atoms with Gasteiger partial charge >= 0.3 is 0 Å². The van der Waals surface area contributed by atoms with Gasteiger partial charge in [0.2, 0.25) is 11.8 Å². The Labute approximate surface area is 159 Å². The summed E-state index contributed by atoms with van der Waals surface area (Å²) in [4.78, 5) is 26.9. The highest BCUT2D eigenvalue weighted by Crippen LogP contribution is 2.49. The molecule has 4 nitrogen and oxygen atoms in total. The molecule has 2 aromatic rings. The topological polar surface area (TPSA) is 49.4 Å². The van der Waals surface area contributed by atoms with Gasteiger partial charge in [0.15, 0.2) is 0 Å². The maximum absolute atomic E-state index is 12.9. The Bertz CT molecular complexity index is 821. The standard InChI is InChI=1S/C21H23ClN2O2/c1-14-5-4-6-15(2)19(14)23-18(25)13-24(3)20(26)21(11-12-21)16-7-9-17(22)10-8-16/h4-10H,11-13H2,1-3H3,(H,23,25). The maximum atomic E-state index is 12.9. The molecule has 1 saturated carbocycles. The Morgan fingerprint density at radius 2 is 1.65 bits per heavy atom. The molecule has 0 atom stereocenters. The number of anilines is 1. The number of likely N-dealkylation sites (N-methyl/N-ethyl adjacent to an activating group) is 1. The van der Waals surface area contributed by atoms with E-state index in [4.69, 9.17) is 11.6 Å². The second kappa shape index (κ2) is 7.12. The molecule has 0 saturated heterocycles. The molecule has 0 aromatic heterocycles. The Morgan fingerprint density at radius 1 is 1.08 bits per heavy atom. The lowest BCUT2D eigenvalue weighted by Gasteiger charge is -2.24. The number of aryl methyl sites for hydroxylation is 2. The van der Waals surface area contributed by atoms with Crippen molar-refractivity contribution in [3.8, 4) is 0 Å². The first-order valence-electron chi connectivity index (χ1n) is 8.71. The molecule has 0 spiro atoms. The summed E-state index contributed by atoms with van der Waals surface area (Å²) >= 11 is 5.95. The number of hydrogen-bond donors (Lipinski definition) is 1. The largest absolute Gasteiger partial charge is 0.336 e. The normalized spacial score (nSPS) is 14.6. The van der Waals surface area contributed by atoms with Crippen LogP contribution in [0.5, 0.6) is 0 Å². The Balaban J connectivity index is 1.68. The van der Waals surface area contributed by atoms with Gasteiger partial charge in [0.25, 0.3) is 0 Å². The fraction of sp³-hybridized carbons (Fsp3) is 0.333. The van der Waals surface area contributed by atoms with Gasteiger partial charge in [-0.15, -0.1) is 0 Å². The predicted octanol–water partition coefficient (Wildman–Crippen LogP) is 4.09. The summed E-state index contributed by atoms with van der Waals surface area (Å²) in [7, 11) is 1.68. The molecule has 2 amide bonds. The molecule has 1 fully saturated rings. The summed E-state index contributed by atoms with van der Waals surface area (Å²) < 4.78 is 0. The van der Waals surface area contributed by atoms with Crippen LogP contribution in [0, 0.1) is 13.8 Å². The van der Waals surface area contributed by atoms with Gasteiger partial charge in [-0.05, 0) is 55.5 Å². The summed E-state index contributed by atoms with van der Waals surface area (Å²) in [6.07, 6.45) is 1.60. The van der Waals surface area contributed by atoms with Crippen molar-refractivity contribution < 1.29 is 9.59 Å². The number of carbonyl (C=O) groups excluding carboxylic acids is 2. The smallest absolute Gasteiger partial charge is 0.243 e. The summed E-state index contributed by atoms with van der Waals surface area (Å²) in [5.74, 6) is -0.207. The second-order valence-corrected chi connectivity index (χ2v) is 7.50. The zero-order valence-electron chi connectivity index (χ0n) is 15.3. The van der Waals surface area contributed by atoms with Crippen LogP contribution in [0.15, 0.2) is 42.5 Å². The van der Waals surface area contributed by atoms with E-state index >= 15 is 0 Å². The Kier molecular flexibility index (Phi) is 5.05. The van der Waals surface area contributed by atoms with E-state index in [-0.39, 0.29) is 18.4 Å². The lowest BCUT2D eigenvalue weighted by Crippen LogP contribution is -2.41. The van der Waals surface area contributed by atoms with Crippen LogP contribution in [0.2, 0.25) is 5.02 Å². The molecule has 2 aromatic carbocycles. The van der Waals surface area contributed by atoms with Crippen LogP contribution in [0.4, 0.5) is 5.69 Å². The zero-order chi connectivity index (χ0) is 18.9. The average Bonchev–Trinajstić information content (AvgIpc) is 3.40. The second-order valence-electron chi connectivity index (χ2n) is 7.07. The minimum atomic E-state index is -0.502. The number of hydrogen-bond acceptors (Lipinski definition) is 2. The highest BCUT2D eigenvalue weighted by atomic mass is 35.5. The Morgan fingerprint density at radius 3 is 2.19 bits per heavy atom. The number of nitrogens with one attached hydrogen (secondary N) is 1. The van der Waals surface area contributed by atoms with Crippen LogP contribution in [-0.2, 0) is 15.0 Å². The van der Waals surface area contributed by atoms with Crippen LogP contribution in [0.25, 0.3) is 0 Å².